The third-order valence-corrected chi connectivity index (χ3v) is 2.43. The fourth-order valence-corrected chi connectivity index (χ4v) is 1.53. The van der Waals surface area contributed by atoms with Crippen LogP contribution in [0.5, 0.6) is 5.75 Å². The Balaban J connectivity index is 1.82. The highest BCUT2D eigenvalue weighted by Crippen LogP contribution is 2.13. The molecule has 0 aliphatic carbocycles. The molecule has 3 nitrogen and oxygen atoms in total. The molecule has 0 fully saturated rings. The Morgan fingerprint density at radius 1 is 1.35 bits per heavy atom. The Bertz CT molecular complexity index is 486. The standard InChI is InChI=1S/C14H14O3/c1-11-3-2-4-13(9-11)17-8-6-14(15)12-5-7-16-10-12/h2-5,7,9-10H,6,8H2,1H3. The second-order valence-corrected chi connectivity index (χ2v) is 3.85. The monoisotopic (exact) mass is 230 g/mol. The van der Waals surface area contributed by atoms with Crippen LogP contribution in [-0.4, -0.2) is 12.4 Å². The van der Waals surface area contributed by atoms with E-state index in [0.717, 1.165) is 11.3 Å². The van der Waals surface area contributed by atoms with E-state index in [1.807, 2.05) is 31.2 Å². The minimum absolute atomic E-state index is 0.0337. The lowest BCUT2D eigenvalue weighted by molar-refractivity contribution is 0.0961. The van der Waals surface area contributed by atoms with Crippen LogP contribution < -0.4 is 4.74 Å². The zero-order valence-electron chi connectivity index (χ0n) is 9.68. The normalized spacial score (nSPS) is 10.2. The van der Waals surface area contributed by atoms with Crippen LogP contribution in [0.15, 0.2) is 47.3 Å². The predicted molar refractivity (Wildman–Crippen MR) is 64.3 cm³/mol. The van der Waals surface area contributed by atoms with Gasteiger partial charge in [-0.3, -0.25) is 4.79 Å². The SMILES string of the molecule is Cc1cccc(OCCC(=O)c2ccoc2)c1. The van der Waals surface area contributed by atoms with Crippen molar-refractivity contribution in [2.24, 2.45) is 0 Å². The smallest absolute Gasteiger partial charge is 0.169 e. The number of Topliss-reactive ketones (excluding diaryl/α,β-unsaturated/α-hetero) is 1. The third-order valence-electron chi connectivity index (χ3n) is 2.43. The van der Waals surface area contributed by atoms with E-state index in [1.165, 1.54) is 12.5 Å². The van der Waals surface area contributed by atoms with Gasteiger partial charge in [-0.2, -0.15) is 0 Å². The van der Waals surface area contributed by atoms with Gasteiger partial charge in [0.25, 0.3) is 0 Å². The van der Waals surface area contributed by atoms with E-state index in [9.17, 15) is 4.79 Å². The summed E-state index contributed by atoms with van der Waals surface area (Å²) in [6, 6.07) is 9.43. The fraction of sp³-hybridized carbons (Fsp3) is 0.214. The summed E-state index contributed by atoms with van der Waals surface area (Å²) in [5, 5.41) is 0. The van der Waals surface area contributed by atoms with Gasteiger partial charge in [0.05, 0.1) is 18.4 Å². The number of carbonyl (C=O) groups excluding carboxylic acids is 1. The lowest BCUT2D eigenvalue weighted by Gasteiger charge is -2.05. The van der Waals surface area contributed by atoms with Crippen LogP contribution in [0.4, 0.5) is 0 Å². The Labute approximate surface area is 100 Å². The number of hydrogen-bond donors (Lipinski definition) is 0. The molecule has 2 aromatic rings. The topological polar surface area (TPSA) is 39.4 Å². The number of aryl methyl sites for hydroxylation is 1. The van der Waals surface area contributed by atoms with Crippen LogP contribution in [0.1, 0.15) is 22.3 Å². The van der Waals surface area contributed by atoms with Crippen molar-refractivity contribution in [2.75, 3.05) is 6.61 Å². The van der Waals surface area contributed by atoms with Crippen LogP contribution in [-0.2, 0) is 0 Å². The molecule has 1 heterocycles. The minimum Gasteiger partial charge on any atom is -0.493 e. The largest absolute Gasteiger partial charge is 0.493 e. The predicted octanol–water partition coefficient (Wildman–Crippen LogP) is 3.24. The molecule has 0 saturated carbocycles. The minimum atomic E-state index is 0.0337. The molecule has 17 heavy (non-hydrogen) atoms. The number of ether oxygens (including phenoxy) is 1. The summed E-state index contributed by atoms with van der Waals surface area (Å²) in [4.78, 5) is 11.6. The summed E-state index contributed by atoms with van der Waals surface area (Å²) in [5.74, 6) is 0.830. The van der Waals surface area contributed by atoms with Gasteiger partial charge in [-0.1, -0.05) is 12.1 Å². The fourth-order valence-electron chi connectivity index (χ4n) is 1.53. The Hall–Kier alpha value is -2.03. The van der Waals surface area contributed by atoms with Crippen LogP contribution in [0.25, 0.3) is 0 Å². The van der Waals surface area contributed by atoms with Crippen molar-refractivity contribution in [2.45, 2.75) is 13.3 Å². The average Bonchev–Trinajstić information content (AvgIpc) is 2.82. The maximum Gasteiger partial charge on any atom is 0.169 e. The number of furan rings is 1. The maximum atomic E-state index is 11.6. The van der Waals surface area contributed by atoms with Gasteiger partial charge in [0.1, 0.15) is 12.0 Å². The highest BCUT2D eigenvalue weighted by Gasteiger charge is 2.06. The summed E-state index contributed by atoms with van der Waals surface area (Å²) in [6.45, 7) is 2.39. The van der Waals surface area contributed by atoms with Crippen molar-refractivity contribution in [1.82, 2.24) is 0 Å². The molecule has 0 aliphatic heterocycles. The van der Waals surface area contributed by atoms with E-state index in [4.69, 9.17) is 9.15 Å². The molecular weight excluding hydrogens is 216 g/mol. The third kappa shape index (κ3) is 3.21. The molecule has 2 rings (SSSR count). The van der Waals surface area contributed by atoms with E-state index < -0.39 is 0 Å². The molecular formula is C14H14O3. The highest BCUT2D eigenvalue weighted by atomic mass is 16.5. The molecule has 0 spiro atoms. The van der Waals surface area contributed by atoms with Crippen LogP contribution in [0.3, 0.4) is 0 Å². The van der Waals surface area contributed by atoms with Crippen molar-refractivity contribution in [1.29, 1.82) is 0 Å². The molecule has 0 saturated heterocycles. The molecule has 0 N–H and O–H groups in total. The zero-order valence-corrected chi connectivity index (χ0v) is 9.68. The van der Waals surface area contributed by atoms with E-state index >= 15 is 0 Å². The lowest BCUT2D eigenvalue weighted by atomic mass is 10.2. The van der Waals surface area contributed by atoms with Crippen LogP contribution in [0, 0.1) is 6.92 Å². The van der Waals surface area contributed by atoms with Gasteiger partial charge < -0.3 is 9.15 Å². The number of ketones is 1. The highest BCUT2D eigenvalue weighted by molar-refractivity contribution is 5.95. The molecule has 3 heteroatoms. The van der Waals surface area contributed by atoms with Gasteiger partial charge in [-0.25, -0.2) is 0 Å². The number of rotatable bonds is 5. The molecule has 0 amide bonds. The molecule has 1 aromatic heterocycles. The van der Waals surface area contributed by atoms with Gasteiger partial charge in [-0.15, -0.1) is 0 Å². The average molecular weight is 230 g/mol. The summed E-state index contributed by atoms with van der Waals surface area (Å²) in [7, 11) is 0. The van der Waals surface area contributed by atoms with Gasteiger partial charge in [-0.05, 0) is 30.7 Å². The van der Waals surface area contributed by atoms with Crippen molar-refractivity contribution >= 4 is 5.78 Å². The van der Waals surface area contributed by atoms with Crippen molar-refractivity contribution < 1.29 is 13.9 Å². The van der Waals surface area contributed by atoms with Gasteiger partial charge in [0.2, 0.25) is 0 Å². The van der Waals surface area contributed by atoms with E-state index in [1.54, 1.807) is 6.07 Å². The molecule has 0 bridgehead atoms. The zero-order chi connectivity index (χ0) is 12.1. The second-order valence-electron chi connectivity index (χ2n) is 3.85. The second kappa shape index (κ2) is 5.34. The van der Waals surface area contributed by atoms with E-state index in [0.29, 0.717) is 18.6 Å². The molecule has 0 unspecified atom stereocenters. The van der Waals surface area contributed by atoms with Gasteiger partial charge >= 0.3 is 0 Å². The maximum absolute atomic E-state index is 11.6. The molecule has 0 radical (unpaired) electrons. The summed E-state index contributed by atoms with van der Waals surface area (Å²) in [5.41, 5.74) is 1.74. The number of hydrogen-bond acceptors (Lipinski definition) is 3. The lowest BCUT2D eigenvalue weighted by Crippen LogP contribution is -2.05. The quantitative estimate of drug-likeness (QED) is 0.740. The van der Waals surface area contributed by atoms with Crippen LogP contribution >= 0.6 is 0 Å². The summed E-state index contributed by atoms with van der Waals surface area (Å²) < 4.78 is 10.4. The Morgan fingerprint density at radius 2 is 2.24 bits per heavy atom. The molecule has 0 aliphatic rings. The van der Waals surface area contributed by atoms with E-state index in [2.05, 4.69) is 0 Å². The number of carbonyl (C=O) groups is 1. The van der Waals surface area contributed by atoms with Gasteiger partial charge in [0, 0.05) is 6.42 Å². The van der Waals surface area contributed by atoms with Crippen molar-refractivity contribution in [3.63, 3.8) is 0 Å². The Kier molecular flexibility index (Phi) is 3.60. The first-order valence-corrected chi connectivity index (χ1v) is 5.50. The molecule has 0 atom stereocenters. The van der Waals surface area contributed by atoms with Gasteiger partial charge in [0.15, 0.2) is 5.78 Å². The first-order chi connectivity index (χ1) is 8.25. The Morgan fingerprint density at radius 3 is 2.94 bits per heavy atom. The first kappa shape index (κ1) is 11.5. The number of benzene rings is 1. The first-order valence-electron chi connectivity index (χ1n) is 5.50. The van der Waals surface area contributed by atoms with Crippen molar-refractivity contribution in [3.8, 4) is 5.75 Å². The van der Waals surface area contributed by atoms with E-state index in [-0.39, 0.29) is 5.78 Å². The molecule has 88 valence electrons. The van der Waals surface area contributed by atoms with Crippen molar-refractivity contribution in [3.05, 3.63) is 54.0 Å². The van der Waals surface area contributed by atoms with Crippen LogP contribution in [0.2, 0.25) is 0 Å². The molecule has 1 aromatic carbocycles. The summed E-state index contributed by atoms with van der Waals surface area (Å²) in [6.07, 6.45) is 3.30. The summed E-state index contributed by atoms with van der Waals surface area (Å²) >= 11 is 0.